The maximum Gasteiger partial charge on any atom is 0.183 e. The van der Waals surface area contributed by atoms with Crippen molar-refractivity contribution in [3.05, 3.63) is 82.6 Å². The van der Waals surface area contributed by atoms with Crippen molar-refractivity contribution in [2.45, 2.75) is 19.5 Å². The minimum Gasteiger partial charge on any atom is -0.353 e. The fourth-order valence-electron chi connectivity index (χ4n) is 4.69. The van der Waals surface area contributed by atoms with Gasteiger partial charge in [-0.1, -0.05) is 58.1 Å². The largest absolute Gasteiger partial charge is 0.353 e. The van der Waals surface area contributed by atoms with Gasteiger partial charge in [-0.05, 0) is 31.2 Å². The molecule has 2 aliphatic heterocycles. The molecule has 0 saturated heterocycles. The molecule has 0 aliphatic carbocycles. The second-order valence-corrected chi connectivity index (χ2v) is 10.2. The summed E-state index contributed by atoms with van der Waals surface area (Å²) in [6.45, 7) is 11.1. The molecule has 6 rings (SSSR count). The van der Waals surface area contributed by atoms with Crippen molar-refractivity contribution in [2.24, 2.45) is 4.99 Å². The van der Waals surface area contributed by atoms with Crippen LogP contribution in [0.5, 0.6) is 0 Å². The number of carbonyl (C=O) groups is 2. The lowest BCUT2D eigenvalue weighted by atomic mass is 10.1. The Morgan fingerprint density at radius 2 is 1.35 bits per heavy atom. The van der Waals surface area contributed by atoms with Crippen molar-refractivity contribution in [2.75, 3.05) is 9.80 Å². The molecule has 4 aromatic rings. The Bertz CT molecular complexity index is 1760. The number of aromatic amines is 1. The number of hydrogen-bond donors (Lipinski definition) is 1. The van der Waals surface area contributed by atoms with Gasteiger partial charge in [0, 0.05) is 18.3 Å². The van der Waals surface area contributed by atoms with E-state index in [0.29, 0.717) is 39.2 Å². The van der Waals surface area contributed by atoms with Crippen LogP contribution in [0.2, 0.25) is 0 Å². The zero-order valence-electron chi connectivity index (χ0n) is 20.3. The van der Waals surface area contributed by atoms with Gasteiger partial charge < -0.3 is 4.98 Å². The van der Waals surface area contributed by atoms with Gasteiger partial charge in [-0.25, -0.2) is 15.0 Å². The number of Topliss-reactive ketones (excluding diaryl/α,β-unsaturated/α-hetero) is 2. The molecule has 2 atom stereocenters. The fraction of sp³-hybridized carbons (Fsp3) is 0.107. The number of fused-ring (bicyclic) bond motifs is 2. The van der Waals surface area contributed by atoms with Gasteiger partial charge in [0.1, 0.15) is 22.5 Å². The highest BCUT2D eigenvalue weighted by atomic mass is 31.1. The lowest BCUT2D eigenvalue weighted by molar-refractivity contribution is -0.116. The molecule has 8 nitrogen and oxygen atoms in total. The van der Waals surface area contributed by atoms with E-state index in [9.17, 15) is 9.59 Å². The molecule has 9 heteroatoms. The Labute approximate surface area is 214 Å². The molecule has 2 aliphatic rings. The highest BCUT2D eigenvalue weighted by Gasteiger charge is 2.42. The minimum absolute atomic E-state index is 0.0369. The molecule has 0 fully saturated rings. The van der Waals surface area contributed by atoms with Gasteiger partial charge >= 0.3 is 0 Å². The Morgan fingerprint density at radius 3 is 1.86 bits per heavy atom. The molecule has 37 heavy (non-hydrogen) atoms. The highest BCUT2D eigenvalue weighted by Crippen LogP contribution is 2.53. The number of carbonyl (C=O) groups excluding carboxylic acids is 2. The first-order chi connectivity index (χ1) is 17.8. The third-order valence-electron chi connectivity index (χ3n) is 6.38. The predicted octanol–water partition coefficient (Wildman–Crippen LogP) is 3.87. The molecule has 182 valence electrons. The molecule has 0 radical (unpaired) electrons. The topological polar surface area (TPSA) is 94.5 Å². The van der Waals surface area contributed by atoms with Crippen LogP contribution in [0.1, 0.15) is 13.8 Å². The smallest absolute Gasteiger partial charge is 0.183 e. The average Bonchev–Trinajstić information content (AvgIpc) is 3.18. The van der Waals surface area contributed by atoms with Crippen molar-refractivity contribution in [1.29, 1.82) is 0 Å². The second-order valence-electron chi connectivity index (χ2n) is 8.91. The van der Waals surface area contributed by atoms with Crippen LogP contribution in [0.4, 0.5) is 23.0 Å². The first-order valence-electron chi connectivity index (χ1n) is 11.7. The average molecular weight is 507 g/mol. The van der Waals surface area contributed by atoms with Crippen molar-refractivity contribution in [1.82, 2.24) is 15.0 Å². The van der Waals surface area contributed by atoms with Crippen LogP contribution in [0.3, 0.4) is 0 Å². The normalized spacial score (nSPS) is 17.6. The van der Waals surface area contributed by atoms with Gasteiger partial charge in [-0.3, -0.25) is 19.4 Å². The molecule has 0 spiro atoms. The third-order valence-corrected chi connectivity index (χ3v) is 8.07. The molecule has 1 N–H and O–H groups in total. The van der Waals surface area contributed by atoms with E-state index in [1.165, 1.54) is 13.8 Å². The predicted molar refractivity (Wildman–Crippen MR) is 149 cm³/mol. The lowest BCUT2D eigenvalue weighted by Crippen LogP contribution is -2.39. The number of aliphatic imine (C=N–C) groups is 1. The van der Waals surface area contributed by atoms with Crippen molar-refractivity contribution < 1.29 is 9.59 Å². The maximum atomic E-state index is 12.7. The van der Waals surface area contributed by atoms with E-state index in [4.69, 9.17) is 15.0 Å². The van der Waals surface area contributed by atoms with E-state index in [1.54, 1.807) is 0 Å². The molecule has 0 amide bonds. The monoisotopic (exact) mass is 506 g/mol. The SMILES string of the molecule is C=c1[nH]c(=C)c2nc3c(nc12)N(c1ccccc1)C1=C(PC(C(C)=O)C(C(C)=O)=N1)N3c1ccccc1. The summed E-state index contributed by atoms with van der Waals surface area (Å²) in [5.74, 6) is 1.36. The third kappa shape index (κ3) is 3.60. The fourth-order valence-corrected chi connectivity index (χ4v) is 6.24. The van der Waals surface area contributed by atoms with E-state index in [0.717, 1.165) is 16.8 Å². The highest BCUT2D eigenvalue weighted by molar-refractivity contribution is 7.47. The van der Waals surface area contributed by atoms with Gasteiger partial charge in [0.2, 0.25) is 0 Å². The van der Waals surface area contributed by atoms with Crippen LogP contribution in [-0.2, 0) is 9.59 Å². The second kappa shape index (κ2) is 8.61. The van der Waals surface area contributed by atoms with E-state index in [-0.39, 0.29) is 25.9 Å². The van der Waals surface area contributed by atoms with Gasteiger partial charge in [0.25, 0.3) is 0 Å². The zero-order valence-corrected chi connectivity index (χ0v) is 21.3. The molecule has 2 aromatic carbocycles. The number of aromatic nitrogens is 3. The number of para-hydroxylation sites is 2. The summed E-state index contributed by atoms with van der Waals surface area (Å²) in [5, 5.41) is 1.24. The van der Waals surface area contributed by atoms with Crippen LogP contribution in [-0.4, -0.2) is 37.9 Å². The molecular formula is C28H23N6O2P. The molecule has 4 heterocycles. The summed E-state index contributed by atoms with van der Waals surface area (Å²) < 4.78 is 0. The van der Waals surface area contributed by atoms with Gasteiger partial charge in [-0.15, -0.1) is 0 Å². The lowest BCUT2D eigenvalue weighted by Gasteiger charge is -2.41. The summed E-state index contributed by atoms with van der Waals surface area (Å²) >= 11 is 0. The quantitative estimate of drug-likeness (QED) is 0.423. The van der Waals surface area contributed by atoms with Crippen LogP contribution in [0, 0.1) is 0 Å². The number of rotatable bonds is 4. The van der Waals surface area contributed by atoms with Crippen LogP contribution in [0.15, 0.2) is 76.9 Å². The van der Waals surface area contributed by atoms with Crippen LogP contribution < -0.4 is 20.5 Å². The molecule has 0 saturated carbocycles. The minimum atomic E-state index is -0.625. The molecule has 2 unspecified atom stereocenters. The van der Waals surface area contributed by atoms with Crippen molar-refractivity contribution >= 4 is 73.1 Å². The number of nitrogens with one attached hydrogen (secondary N) is 1. The van der Waals surface area contributed by atoms with E-state index < -0.39 is 5.66 Å². The number of nitrogens with zero attached hydrogens (tertiary/aromatic N) is 5. The first kappa shape index (κ1) is 23.0. The van der Waals surface area contributed by atoms with Gasteiger partial charge in [-0.2, -0.15) is 0 Å². The number of hydrogen-bond acceptors (Lipinski definition) is 7. The zero-order chi connectivity index (χ0) is 25.8. The van der Waals surface area contributed by atoms with Crippen molar-refractivity contribution in [3.8, 4) is 0 Å². The van der Waals surface area contributed by atoms with E-state index >= 15 is 0 Å². The van der Waals surface area contributed by atoms with Crippen LogP contribution >= 0.6 is 8.58 Å². The summed E-state index contributed by atoms with van der Waals surface area (Å²) in [6.07, 6.45) is 0. The number of H-pyrrole nitrogens is 1. The summed E-state index contributed by atoms with van der Waals surface area (Å²) in [6, 6.07) is 19.5. The Balaban J connectivity index is 1.74. The molecular weight excluding hydrogens is 483 g/mol. The summed E-state index contributed by atoms with van der Waals surface area (Å²) in [5.41, 5.74) is 3.32. The molecule has 0 bridgehead atoms. The summed E-state index contributed by atoms with van der Waals surface area (Å²) in [4.78, 5) is 47.4. The van der Waals surface area contributed by atoms with Gasteiger partial charge in [0.15, 0.2) is 23.2 Å². The first-order valence-corrected chi connectivity index (χ1v) is 12.8. The standard InChI is InChI=1S/C28H23N6O2P/c1-15-21-22(16(2)29-15)31-26-25(30-21)33(19-11-7-5-8-12-19)27-28(34(26)20-13-9-6-10-14-20)37-24(18(4)36)23(32-27)17(3)35/h5-14,24,29,37H,1-2H2,3-4H3. The number of benzene rings is 2. The maximum absolute atomic E-state index is 12.7. The Kier molecular flexibility index (Phi) is 5.35. The summed E-state index contributed by atoms with van der Waals surface area (Å²) in [7, 11) is -0.0369. The van der Waals surface area contributed by atoms with Crippen LogP contribution in [0.25, 0.3) is 24.2 Å². The van der Waals surface area contributed by atoms with Crippen molar-refractivity contribution in [3.63, 3.8) is 0 Å². The van der Waals surface area contributed by atoms with E-state index in [1.807, 2.05) is 70.5 Å². The Morgan fingerprint density at radius 1 is 0.838 bits per heavy atom. The van der Waals surface area contributed by atoms with E-state index in [2.05, 4.69) is 18.1 Å². The molecule has 2 aromatic heterocycles. The number of ketones is 2. The number of anilines is 4. The van der Waals surface area contributed by atoms with Gasteiger partial charge in [0.05, 0.1) is 21.8 Å². The Hall–Kier alpha value is -4.42.